The lowest BCUT2D eigenvalue weighted by Gasteiger charge is -2.33. The van der Waals surface area contributed by atoms with Gasteiger partial charge in [0, 0.05) is 19.3 Å². The fourth-order valence-electron chi connectivity index (χ4n) is 3.40. The zero-order valence-corrected chi connectivity index (χ0v) is 13.7. The molecule has 2 amide bonds. The molecule has 0 radical (unpaired) electrons. The van der Waals surface area contributed by atoms with E-state index in [2.05, 4.69) is 15.4 Å². The van der Waals surface area contributed by atoms with Crippen LogP contribution in [-0.2, 0) is 4.79 Å². The second kappa shape index (κ2) is 5.58. The number of carbonyl (C=O) groups excluding carboxylic acids is 2. The molecule has 1 saturated heterocycles. The van der Waals surface area contributed by atoms with E-state index in [-0.39, 0.29) is 11.7 Å². The van der Waals surface area contributed by atoms with Crippen LogP contribution in [0.15, 0.2) is 24.4 Å². The molecular weight excluding hydrogens is 306 g/mol. The summed E-state index contributed by atoms with van der Waals surface area (Å²) in [5.74, 6) is -0.366. The van der Waals surface area contributed by atoms with E-state index < -0.39 is 11.9 Å². The minimum Gasteiger partial charge on any atom is -0.341 e. The number of nitrogens with zero attached hydrogens (tertiary/aromatic N) is 4. The van der Waals surface area contributed by atoms with Crippen molar-refractivity contribution in [2.24, 2.45) is 5.41 Å². The summed E-state index contributed by atoms with van der Waals surface area (Å²) in [5.41, 5.74) is 1.14. The number of nitrogens with one attached hydrogen (secondary N) is 1. The highest BCUT2D eigenvalue weighted by Crippen LogP contribution is 2.53. The van der Waals surface area contributed by atoms with Gasteiger partial charge in [-0.25, -0.2) is 9.50 Å². The van der Waals surface area contributed by atoms with Crippen LogP contribution in [0.4, 0.5) is 0 Å². The average molecular weight is 327 g/mol. The fourth-order valence-corrected chi connectivity index (χ4v) is 3.40. The van der Waals surface area contributed by atoms with Crippen molar-refractivity contribution in [1.82, 2.24) is 24.8 Å². The van der Waals surface area contributed by atoms with Gasteiger partial charge in [0.2, 0.25) is 11.7 Å². The molecule has 2 aliphatic rings. The highest BCUT2D eigenvalue weighted by atomic mass is 16.2. The standard InChI is InChI=1S/C17H21N5O2/c1-12(16(24)21-10-7-17(5-6-17)8-11-21)18-15(23)14-19-13-4-2-3-9-22(13)20-14/h2-4,9,12H,5-8,10-11H2,1H3,(H,18,23). The Balaban J connectivity index is 1.38. The van der Waals surface area contributed by atoms with Gasteiger partial charge in [0.1, 0.15) is 6.04 Å². The zero-order valence-electron chi connectivity index (χ0n) is 13.7. The molecule has 1 N–H and O–H groups in total. The van der Waals surface area contributed by atoms with Gasteiger partial charge in [0.05, 0.1) is 0 Å². The highest BCUT2D eigenvalue weighted by Gasteiger charge is 2.45. The van der Waals surface area contributed by atoms with E-state index in [0.717, 1.165) is 25.9 Å². The van der Waals surface area contributed by atoms with E-state index in [9.17, 15) is 9.59 Å². The van der Waals surface area contributed by atoms with Crippen LogP contribution in [0.1, 0.15) is 43.2 Å². The number of rotatable bonds is 3. The monoisotopic (exact) mass is 327 g/mol. The SMILES string of the molecule is CC(NC(=O)c1nc2ccccn2n1)C(=O)N1CCC2(CC1)CC2. The second-order valence-electron chi connectivity index (χ2n) is 6.96. The summed E-state index contributed by atoms with van der Waals surface area (Å²) in [5, 5.41) is 6.86. The van der Waals surface area contributed by atoms with Crippen molar-refractivity contribution < 1.29 is 9.59 Å². The summed E-state index contributed by atoms with van der Waals surface area (Å²) in [6.45, 7) is 3.31. The Bertz CT molecular complexity index is 752. The fraction of sp³-hybridized carbons (Fsp3) is 0.529. The van der Waals surface area contributed by atoms with E-state index in [1.54, 1.807) is 23.7 Å². The number of fused-ring (bicyclic) bond motifs is 1. The Morgan fingerprint density at radius 1 is 1.21 bits per heavy atom. The molecule has 1 unspecified atom stereocenters. The molecule has 1 spiro atoms. The van der Waals surface area contributed by atoms with Gasteiger partial charge in [-0.1, -0.05) is 6.07 Å². The van der Waals surface area contributed by atoms with Gasteiger partial charge < -0.3 is 10.2 Å². The largest absolute Gasteiger partial charge is 0.341 e. The summed E-state index contributed by atoms with van der Waals surface area (Å²) in [4.78, 5) is 30.9. The van der Waals surface area contributed by atoms with Crippen molar-refractivity contribution in [2.45, 2.75) is 38.6 Å². The molecule has 1 atom stereocenters. The number of pyridine rings is 1. The van der Waals surface area contributed by atoms with Crippen molar-refractivity contribution in [1.29, 1.82) is 0 Å². The molecule has 7 heteroatoms. The van der Waals surface area contributed by atoms with Crippen LogP contribution in [0, 0.1) is 5.41 Å². The highest BCUT2D eigenvalue weighted by molar-refractivity contribution is 5.95. The van der Waals surface area contributed by atoms with Crippen LogP contribution in [0.5, 0.6) is 0 Å². The summed E-state index contributed by atoms with van der Waals surface area (Å²) in [6.07, 6.45) is 6.53. The maximum Gasteiger partial charge on any atom is 0.291 e. The zero-order chi connectivity index (χ0) is 16.7. The molecule has 7 nitrogen and oxygen atoms in total. The summed E-state index contributed by atoms with van der Waals surface area (Å²) < 4.78 is 1.54. The summed E-state index contributed by atoms with van der Waals surface area (Å²) in [7, 11) is 0. The Labute approximate surface area is 140 Å². The normalized spacial score (nSPS) is 20.1. The summed E-state index contributed by atoms with van der Waals surface area (Å²) >= 11 is 0. The van der Waals surface area contributed by atoms with Crippen molar-refractivity contribution in [3.8, 4) is 0 Å². The molecular formula is C17H21N5O2. The third-order valence-corrected chi connectivity index (χ3v) is 5.26. The van der Waals surface area contributed by atoms with E-state index in [4.69, 9.17) is 0 Å². The molecule has 1 saturated carbocycles. The number of likely N-dealkylation sites (tertiary alicyclic amines) is 1. The predicted molar refractivity (Wildman–Crippen MR) is 87.4 cm³/mol. The summed E-state index contributed by atoms with van der Waals surface area (Å²) in [6, 6.07) is 4.86. The molecule has 1 aliphatic carbocycles. The van der Waals surface area contributed by atoms with Crippen molar-refractivity contribution in [2.75, 3.05) is 13.1 Å². The number of hydrogen-bond acceptors (Lipinski definition) is 4. The molecule has 0 aromatic carbocycles. The number of aromatic nitrogens is 3. The van der Waals surface area contributed by atoms with E-state index in [1.807, 2.05) is 17.0 Å². The van der Waals surface area contributed by atoms with Crippen LogP contribution in [0.3, 0.4) is 0 Å². The molecule has 24 heavy (non-hydrogen) atoms. The van der Waals surface area contributed by atoms with E-state index in [0.29, 0.717) is 11.1 Å². The van der Waals surface area contributed by atoms with Gasteiger partial charge in [0.25, 0.3) is 5.91 Å². The number of piperidine rings is 1. The van der Waals surface area contributed by atoms with Gasteiger partial charge >= 0.3 is 0 Å². The van der Waals surface area contributed by atoms with Crippen molar-refractivity contribution >= 4 is 17.5 Å². The van der Waals surface area contributed by atoms with Crippen LogP contribution in [0.25, 0.3) is 5.65 Å². The maximum absolute atomic E-state index is 12.5. The molecule has 126 valence electrons. The molecule has 0 bridgehead atoms. The third kappa shape index (κ3) is 2.74. The van der Waals surface area contributed by atoms with Crippen molar-refractivity contribution in [3.05, 3.63) is 30.2 Å². The Hall–Kier alpha value is -2.44. The van der Waals surface area contributed by atoms with Crippen LogP contribution in [0.2, 0.25) is 0 Å². The van der Waals surface area contributed by atoms with Crippen LogP contribution >= 0.6 is 0 Å². The Kier molecular flexibility index (Phi) is 3.51. The maximum atomic E-state index is 12.5. The van der Waals surface area contributed by atoms with Gasteiger partial charge in [0.15, 0.2) is 5.65 Å². The van der Waals surface area contributed by atoms with Gasteiger partial charge in [-0.2, -0.15) is 0 Å². The van der Waals surface area contributed by atoms with Crippen molar-refractivity contribution in [3.63, 3.8) is 0 Å². The minimum atomic E-state index is -0.572. The number of amides is 2. The van der Waals surface area contributed by atoms with Gasteiger partial charge in [-0.05, 0) is 50.2 Å². The van der Waals surface area contributed by atoms with Crippen LogP contribution in [-0.4, -0.2) is 50.4 Å². The van der Waals surface area contributed by atoms with E-state index >= 15 is 0 Å². The molecule has 4 rings (SSSR count). The molecule has 3 heterocycles. The average Bonchev–Trinajstić information content (AvgIpc) is 3.20. The molecule has 2 aromatic rings. The number of carbonyl (C=O) groups is 2. The Morgan fingerprint density at radius 2 is 1.96 bits per heavy atom. The lowest BCUT2D eigenvalue weighted by Crippen LogP contribution is -2.49. The quantitative estimate of drug-likeness (QED) is 0.920. The third-order valence-electron chi connectivity index (χ3n) is 5.26. The first kappa shape index (κ1) is 15.1. The predicted octanol–water partition coefficient (Wildman–Crippen LogP) is 1.25. The molecule has 1 aliphatic heterocycles. The molecule has 2 fully saturated rings. The first-order valence-corrected chi connectivity index (χ1v) is 8.47. The van der Waals surface area contributed by atoms with Gasteiger partial charge in [-0.15, -0.1) is 5.10 Å². The van der Waals surface area contributed by atoms with Crippen LogP contribution < -0.4 is 5.32 Å². The second-order valence-corrected chi connectivity index (χ2v) is 6.96. The smallest absolute Gasteiger partial charge is 0.291 e. The lowest BCUT2D eigenvalue weighted by molar-refractivity contribution is -0.134. The van der Waals surface area contributed by atoms with Gasteiger partial charge in [-0.3, -0.25) is 9.59 Å². The minimum absolute atomic E-state index is 0.0254. The van der Waals surface area contributed by atoms with E-state index in [1.165, 1.54) is 12.8 Å². The lowest BCUT2D eigenvalue weighted by atomic mass is 9.93. The first-order chi connectivity index (χ1) is 11.6. The Morgan fingerprint density at radius 3 is 2.62 bits per heavy atom. The molecule has 2 aromatic heterocycles. The number of hydrogen-bond donors (Lipinski definition) is 1. The first-order valence-electron chi connectivity index (χ1n) is 8.47. The topological polar surface area (TPSA) is 79.6 Å².